The topological polar surface area (TPSA) is 17.1 Å². The maximum absolute atomic E-state index is 8.22. The van der Waals surface area contributed by atoms with Crippen LogP contribution in [0.1, 0.15) is 79.1 Å². The van der Waals surface area contributed by atoms with Gasteiger partial charge < -0.3 is 4.48 Å². The van der Waals surface area contributed by atoms with Crippen LogP contribution in [-0.2, 0) is 22.4 Å². The summed E-state index contributed by atoms with van der Waals surface area (Å²) in [6.07, 6.45) is 11.1. The molecule has 0 aliphatic rings. The van der Waals surface area contributed by atoms with Gasteiger partial charge in [0.05, 0.1) is 26.2 Å². The zero-order chi connectivity index (χ0) is 15.0. The van der Waals surface area contributed by atoms with Crippen molar-refractivity contribution >= 4 is 49.6 Å². The third kappa shape index (κ3) is 23.6. The summed E-state index contributed by atoms with van der Waals surface area (Å²) in [6.45, 7) is 15.0. The average molecular weight is 502 g/mol. The molecule has 23 heavy (non-hydrogen) atoms. The van der Waals surface area contributed by atoms with Gasteiger partial charge in [0.2, 0.25) is 0 Å². The first kappa shape index (κ1) is 39.6. The Balaban J connectivity index is -0.000000115. The van der Waals surface area contributed by atoms with Crippen molar-refractivity contribution in [2.45, 2.75) is 79.1 Å². The molecule has 149 valence electrons. The molecule has 0 saturated heterocycles. The molecule has 0 aliphatic heterocycles. The summed E-state index contributed by atoms with van der Waals surface area (Å²) in [7, 11) is 0. The molecule has 0 aliphatic carbocycles. The fourth-order valence-electron chi connectivity index (χ4n) is 2.64. The molecular formula is C16H40Cl4NOTc+. The van der Waals surface area contributed by atoms with Crippen molar-refractivity contribution in [2.75, 3.05) is 26.2 Å². The van der Waals surface area contributed by atoms with Gasteiger partial charge in [-0.15, -0.1) is 49.6 Å². The average Bonchev–Trinajstić information content (AvgIpc) is 2.48. The maximum atomic E-state index is 8.22. The zero-order valence-electron chi connectivity index (χ0n) is 15.4. The van der Waals surface area contributed by atoms with Crippen LogP contribution in [0.15, 0.2) is 0 Å². The molecule has 0 rings (SSSR count). The standard InChI is InChI=1S/C16H36N.4ClH.O.Tc/c1-5-9-13-17(14-10-6-2,15-11-7-3)16-12-8-4;;;;;;/h5-16H2,1-4H3;4*1H;;/q+1;;;;;;. The summed E-state index contributed by atoms with van der Waals surface area (Å²) < 4.78 is 9.64. The molecule has 0 spiro atoms. The van der Waals surface area contributed by atoms with Gasteiger partial charge in [0.1, 0.15) is 0 Å². The summed E-state index contributed by atoms with van der Waals surface area (Å²) in [5.41, 5.74) is 0. The quantitative estimate of drug-likeness (QED) is 0.276. The molecule has 0 unspecified atom stereocenters. The van der Waals surface area contributed by atoms with Crippen molar-refractivity contribution in [1.29, 1.82) is 0 Å². The number of nitrogens with zero attached hydrogens (tertiary/aromatic N) is 1. The van der Waals surface area contributed by atoms with E-state index in [-0.39, 0.29) is 49.6 Å². The van der Waals surface area contributed by atoms with Crippen LogP contribution < -0.4 is 0 Å². The van der Waals surface area contributed by atoms with Crippen LogP contribution in [0.4, 0.5) is 0 Å². The molecule has 7 heteroatoms. The van der Waals surface area contributed by atoms with Crippen LogP contribution in [0.3, 0.4) is 0 Å². The van der Waals surface area contributed by atoms with Gasteiger partial charge in [0, 0.05) is 0 Å². The summed E-state index contributed by atoms with van der Waals surface area (Å²) >= 11 is 0.900. The third-order valence-corrected chi connectivity index (χ3v) is 3.94. The van der Waals surface area contributed by atoms with E-state index in [1.807, 2.05) is 0 Å². The number of quaternary nitrogens is 1. The van der Waals surface area contributed by atoms with Crippen LogP contribution in [0.25, 0.3) is 0 Å². The molecule has 0 amide bonds. The normalized spacial score (nSPS) is 9.04. The number of halogens is 4. The van der Waals surface area contributed by atoms with Gasteiger partial charge in [-0.05, 0) is 25.7 Å². The molecule has 0 fully saturated rings. The number of rotatable bonds is 12. The Hall–Kier alpha value is 1.57. The fraction of sp³-hybridized carbons (Fsp3) is 1.00. The van der Waals surface area contributed by atoms with Gasteiger partial charge in [0.15, 0.2) is 0 Å². The Kier molecular flexibility index (Phi) is 54.0. The Labute approximate surface area is 181 Å². The van der Waals surface area contributed by atoms with Gasteiger partial charge in [0.25, 0.3) is 0 Å². The van der Waals surface area contributed by atoms with E-state index in [4.69, 9.17) is 3.50 Å². The second-order valence-electron chi connectivity index (χ2n) is 5.65. The number of hydrogen-bond donors (Lipinski definition) is 0. The van der Waals surface area contributed by atoms with Gasteiger partial charge in [-0.25, -0.2) is 0 Å². The van der Waals surface area contributed by atoms with Gasteiger partial charge in [-0.3, -0.25) is 0 Å². The molecule has 0 radical (unpaired) electrons. The Morgan fingerprint density at radius 1 is 0.522 bits per heavy atom. The number of unbranched alkanes of at least 4 members (excludes halogenated alkanes) is 4. The first-order chi connectivity index (χ1) is 9.24. The predicted molar refractivity (Wildman–Crippen MR) is 109 cm³/mol. The first-order valence-corrected chi connectivity index (χ1v) is 9.01. The molecule has 0 bridgehead atoms. The van der Waals surface area contributed by atoms with Gasteiger partial charge in [-0.2, -0.15) is 0 Å². The van der Waals surface area contributed by atoms with E-state index >= 15 is 0 Å². The Morgan fingerprint density at radius 3 is 0.826 bits per heavy atom. The van der Waals surface area contributed by atoms with Crippen LogP contribution in [0, 0.1) is 0 Å². The number of hydrogen-bond acceptors (Lipinski definition) is 1. The SMILES string of the molecule is CCCC[N+](CCCC)(CCCC)CCCC.Cl.Cl.Cl.Cl.[O]=[Tc]. The summed E-state index contributed by atoms with van der Waals surface area (Å²) in [5, 5.41) is 0. The second-order valence-corrected chi connectivity index (χ2v) is 5.65. The second kappa shape index (κ2) is 31.3. The fourth-order valence-corrected chi connectivity index (χ4v) is 2.64. The predicted octanol–water partition coefficient (Wildman–Crippen LogP) is 6.57. The molecule has 0 saturated carbocycles. The Morgan fingerprint density at radius 2 is 0.696 bits per heavy atom. The van der Waals surface area contributed by atoms with Crippen LogP contribution in [-0.4, -0.2) is 30.7 Å². The zero-order valence-corrected chi connectivity index (χ0v) is 20.5. The van der Waals surface area contributed by atoms with Crippen molar-refractivity contribution in [1.82, 2.24) is 0 Å². The van der Waals surface area contributed by atoms with Crippen molar-refractivity contribution in [3.8, 4) is 0 Å². The van der Waals surface area contributed by atoms with Gasteiger partial charge >= 0.3 is 22.4 Å². The van der Waals surface area contributed by atoms with E-state index in [0.29, 0.717) is 0 Å². The third-order valence-electron chi connectivity index (χ3n) is 3.94. The molecule has 0 aromatic rings. The summed E-state index contributed by atoms with van der Waals surface area (Å²) in [4.78, 5) is 0. The van der Waals surface area contributed by atoms with Crippen molar-refractivity contribution in [2.24, 2.45) is 0 Å². The molecule has 0 aromatic carbocycles. The van der Waals surface area contributed by atoms with Crippen molar-refractivity contribution in [3.05, 3.63) is 0 Å². The summed E-state index contributed by atoms with van der Waals surface area (Å²) in [5.74, 6) is 0. The Bertz CT molecular complexity index is 154. The molecule has 0 heterocycles. The molecule has 0 N–H and O–H groups in total. The molecule has 0 atom stereocenters. The minimum atomic E-state index is 0. The monoisotopic (exact) mass is 499 g/mol. The van der Waals surface area contributed by atoms with E-state index in [0.717, 1.165) is 18.9 Å². The van der Waals surface area contributed by atoms with E-state index in [2.05, 4.69) is 27.7 Å². The summed E-state index contributed by atoms with van der Waals surface area (Å²) in [6, 6.07) is 0. The van der Waals surface area contributed by atoms with E-state index < -0.39 is 0 Å². The van der Waals surface area contributed by atoms with E-state index in [9.17, 15) is 0 Å². The van der Waals surface area contributed by atoms with Crippen LogP contribution in [0.2, 0.25) is 0 Å². The molecule has 2 nitrogen and oxygen atoms in total. The van der Waals surface area contributed by atoms with Crippen LogP contribution >= 0.6 is 49.6 Å². The molecular weight excluding hydrogens is 462 g/mol. The first-order valence-electron chi connectivity index (χ1n) is 8.25. The van der Waals surface area contributed by atoms with Crippen molar-refractivity contribution < 1.29 is 26.8 Å². The minimum absolute atomic E-state index is 0. The van der Waals surface area contributed by atoms with Crippen LogP contribution in [0.5, 0.6) is 0 Å². The van der Waals surface area contributed by atoms with E-state index in [1.54, 1.807) is 0 Å². The van der Waals surface area contributed by atoms with E-state index in [1.165, 1.54) is 82.0 Å². The van der Waals surface area contributed by atoms with Crippen molar-refractivity contribution in [3.63, 3.8) is 0 Å². The van der Waals surface area contributed by atoms with Gasteiger partial charge in [-0.1, -0.05) is 53.4 Å². The molecule has 0 aromatic heterocycles.